The lowest BCUT2D eigenvalue weighted by molar-refractivity contribution is -0.146. The van der Waals surface area contributed by atoms with Gasteiger partial charge in [0, 0.05) is 44.1 Å². The van der Waals surface area contributed by atoms with Gasteiger partial charge in [0.2, 0.25) is 0 Å². The van der Waals surface area contributed by atoms with E-state index in [1.807, 2.05) is 24.0 Å². The fraction of sp³-hybridized carbons (Fsp3) is 0.600. The summed E-state index contributed by atoms with van der Waals surface area (Å²) in [5, 5.41) is 3.17. The standard InChI is InChI=1S/C15H21N3O3S.ClH/c1-11-2-3-13(22-11)15(20)18-7-5-17(6-8-18)14(19)12-10-16-4-9-21-12;/h2-3,12,16H,4-10H2,1H3;1H. The Morgan fingerprint density at radius 2 is 1.91 bits per heavy atom. The molecule has 0 saturated carbocycles. The monoisotopic (exact) mass is 359 g/mol. The summed E-state index contributed by atoms with van der Waals surface area (Å²) in [5.41, 5.74) is 0. The fourth-order valence-corrected chi connectivity index (χ4v) is 3.60. The van der Waals surface area contributed by atoms with E-state index in [9.17, 15) is 9.59 Å². The lowest BCUT2D eigenvalue weighted by Crippen LogP contribution is -2.55. The highest BCUT2D eigenvalue weighted by molar-refractivity contribution is 7.13. The summed E-state index contributed by atoms with van der Waals surface area (Å²) in [6, 6.07) is 3.84. The van der Waals surface area contributed by atoms with Crippen LogP contribution in [0.25, 0.3) is 0 Å². The van der Waals surface area contributed by atoms with Crippen LogP contribution >= 0.6 is 23.7 Å². The van der Waals surface area contributed by atoms with Crippen molar-refractivity contribution in [2.75, 3.05) is 45.9 Å². The summed E-state index contributed by atoms with van der Waals surface area (Å²) in [4.78, 5) is 30.3. The zero-order chi connectivity index (χ0) is 15.5. The van der Waals surface area contributed by atoms with E-state index in [4.69, 9.17) is 4.74 Å². The number of halogens is 1. The Hall–Kier alpha value is -1.15. The van der Waals surface area contributed by atoms with Gasteiger partial charge < -0.3 is 19.9 Å². The quantitative estimate of drug-likeness (QED) is 0.846. The average molecular weight is 360 g/mol. The van der Waals surface area contributed by atoms with Gasteiger partial charge in [-0.25, -0.2) is 0 Å². The third-order valence-corrected chi connectivity index (χ3v) is 5.02. The molecule has 2 aliphatic rings. The van der Waals surface area contributed by atoms with E-state index in [0.29, 0.717) is 39.3 Å². The first-order valence-corrected chi connectivity index (χ1v) is 8.43. The maximum Gasteiger partial charge on any atom is 0.264 e. The molecule has 2 amide bonds. The lowest BCUT2D eigenvalue weighted by atomic mass is 10.2. The first-order chi connectivity index (χ1) is 10.6. The van der Waals surface area contributed by atoms with Crippen molar-refractivity contribution in [2.45, 2.75) is 13.0 Å². The minimum Gasteiger partial charge on any atom is -0.366 e. The highest BCUT2D eigenvalue weighted by atomic mass is 35.5. The topological polar surface area (TPSA) is 61.9 Å². The van der Waals surface area contributed by atoms with Gasteiger partial charge in [-0.1, -0.05) is 0 Å². The minimum absolute atomic E-state index is 0. The second kappa shape index (κ2) is 8.10. The van der Waals surface area contributed by atoms with Crippen molar-refractivity contribution in [3.8, 4) is 0 Å². The van der Waals surface area contributed by atoms with E-state index in [1.54, 1.807) is 4.90 Å². The largest absolute Gasteiger partial charge is 0.366 e. The van der Waals surface area contributed by atoms with Crippen molar-refractivity contribution in [3.63, 3.8) is 0 Å². The van der Waals surface area contributed by atoms with Gasteiger partial charge >= 0.3 is 0 Å². The zero-order valence-corrected chi connectivity index (χ0v) is 14.8. The predicted octanol–water partition coefficient (Wildman–Crippen LogP) is 0.751. The van der Waals surface area contributed by atoms with Crippen molar-refractivity contribution in [1.29, 1.82) is 0 Å². The number of amides is 2. The molecule has 1 aromatic heterocycles. The average Bonchev–Trinajstić information content (AvgIpc) is 3.01. The molecule has 23 heavy (non-hydrogen) atoms. The second-order valence-corrected chi connectivity index (χ2v) is 6.88. The summed E-state index contributed by atoms with van der Waals surface area (Å²) >= 11 is 1.52. The van der Waals surface area contributed by atoms with Crippen molar-refractivity contribution < 1.29 is 14.3 Å². The maximum absolute atomic E-state index is 12.4. The number of hydrogen-bond acceptors (Lipinski definition) is 5. The van der Waals surface area contributed by atoms with Crippen molar-refractivity contribution in [1.82, 2.24) is 15.1 Å². The number of nitrogens with one attached hydrogen (secondary N) is 1. The summed E-state index contributed by atoms with van der Waals surface area (Å²) < 4.78 is 5.51. The Balaban J connectivity index is 0.00000192. The number of ether oxygens (including phenoxy) is 1. The summed E-state index contributed by atoms with van der Waals surface area (Å²) in [5.74, 6) is 0.104. The first-order valence-electron chi connectivity index (χ1n) is 7.62. The molecule has 0 spiro atoms. The molecule has 2 saturated heterocycles. The summed E-state index contributed by atoms with van der Waals surface area (Å²) in [6.45, 7) is 6.27. The number of morpholine rings is 1. The zero-order valence-electron chi connectivity index (χ0n) is 13.1. The van der Waals surface area contributed by atoms with Crippen LogP contribution in [0, 0.1) is 6.92 Å². The van der Waals surface area contributed by atoms with Gasteiger partial charge in [0.15, 0.2) is 0 Å². The van der Waals surface area contributed by atoms with Gasteiger partial charge in [-0.05, 0) is 19.1 Å². The van der Waals surface area contributed by atoms with Crippen LogP contribution in [0.3, 0.4) is 0 Å². The van der Waals surface area contributed by atoms with E-state index in [2.05, 4.69) is 5.32 Å². The van der Waals surface area contributed by atoms with E-state index in [1.165, 1.54) is 11.3 Å². The van der Waals surface area contributed by atoms with E-state index in [-0.39, 0.29) is 30.3 Å². The first kappa shape index (κ1) is 18.2. The summed E-state index contributed by atoms with van der Waals surface area (Å²) in [7, 11) is 0. The van der Waals surface area contributed by atoms with E-state index >= 15 is 0 Å². The maximum atomic E-state index is 12.4. The fourth-order valence-electron chi connectivity index (χ4n) is 2.76. The smallest absolute Gasteiger partial charge is 0.264 e. The van der Waals surface area contributed by atoms with Gasteiger partial charge in [-0.3, -0.25) is 9.59 Å². The molecule has 3 heterocycles. The van der Waals surface area contributed by atoms with Gasteiger partial charge in [-0.2, -0.15) is 0 Å². The van der Waals surface area contributed by atoms with Gasteiger partial charge in [-0.15, -0.1) is 23.7 Å². The number of piperazine rings is 1. The number of carbonyl (C=O) groups excluding carboxylic acids is 2. The van der Waals surface area contributed by atoms with Crippen molar-refractivity contribution in [2.24, 2.45) is 0 Å². The molecular formula is C15H22ClN3O3S. The van der Waals surface area contributed by atoms with Crippen molar-refractivity contribution >= 4 is 35.6 Å². The molecule has 2 aliphatic heterocycles. The van der Waals surface area contributed by atoms with Crippen LogP contribution in [-0.4, -0.2) is 73.6 Å². The predicted molar refractivity (Wildman–Crippen MR) is 91.4 cm³/mol. The second-order valence-electron chi connectivity index (χ2n) is 5.59. The number of aryl methyl sites for hydroxylation is 1. The molecule has 0 radical (unpaired) electrons. The SMILES string of the molecule is Cc1ccc(C(=O)N2CCN(C(=O)C3CNCCO3)CC2)s1.Cl. The molecule has 1 unspecified atom stereocenters. The number of nitrogens with zero attached hydrogens (tertiary/aromatic N) is 2. The number of hydrogen-bond donors (Lipinski definition) is 1. The van der Waals surface area contributed by atoms with Crippen LogP contribution in [0.4, 0.5) is 0 Å². The molecule has 3 rings (SSSR count). The third-order valence-electron chi connectivity index (χ3n) is 4.03. The molecule has 6 nitrogen and oxygen atoms in total. The number of thiophene rings is 1. The molecule has 1 N–H and O–H groups in total. The highest BCUT2D eigenvalue weighted by Gasteiger charge is 2.30. The van der Waals surface area contributed by atoms with E-state index < -0.39 is 0 Å². The molecule has 2 fully saturated rings. The van der Waals surface area contributed by atoms with Crippen LogP contribution in [-0.2, 0) is 9.53 Å². The molecule has 0 aliphatic carbocycles. The molecular weight excluding hydrogens is 338 g/mol. The molecule has 1 aromatic rings. The number of carbonyl (C=O) groups is 2. The van der Waals surface area contributed by atoms with Crippen LogP contribution in [0.2, 0.25) is 0 Å². The van der Waals surface area contributed by atoms with Gasteiger partial charge in [0.1, 0.15) is 6.10 Å². The lowest BCUT2D eigenvalue weighted by Gasteiger charge is -2.37. The Kier molecular flexibility index (Phi) is 6.41. The normalized spacial score (nSPS) is 21.7. The molecule has 0 bridgehead atoms. The van der Waals surface area contributed by atoms with Crippen LogP contribution in [0.5, 0.6) is 0 Å². The highest BCUT2D eigenvalue weighted by Crippen LogP contribution is 2.18. The molecule has 8 heteroatoms. The minimum atomic E-state index is -0.379. The van der Waals surface area contributed by atoms with Crippen molar-refractivity contribution in [3.05, 3.63) is 21.9 Å². The van der Waals surface area contributed by atoms with Crippen LogP contribution in [0.15, 0.2) is 12.1 Å². The third kappa shape index (κ3) is 4.23. The molecule has 1 atom stereocenters. The van der Waals surface area contributed by atoms with Gasteiger partial charge in [0.25, 0.3) is 11.8 Å². The van der Waals surface area contributed by atoms with E-state index in [0.717, 1.165) is 16.3 Å². The van der Waals surface area contributed by atoms with Crippen LogP contribution in [0.1, 0.15) is 14.5 Å². The number of rotatable bonds is 2. The van der Waals surface area contributed by atoms with Crippen LogP contribution < -0.4 is 5.32 Å². The Bertz CT molecular complexity index is 552. The summed E-state index contributed by atoms with van der Waals surface area (Å²) in [6.07, 6.45) is -0.379. The molecule has 0 aromatic carbocycles. The van der Waals surface area contributed by atoms with Gasteiger partial charge in [0.05, 0.1) is 11.5 Å². The Morgan fingerprint density at radius 1 is 1.22 bits per heavy atom. The Morgan fingerprint density at radius 3 is 2.48 bits per heavy atom. The Labute approximate surface area is 146 Å². The molecule has 128 valence electrons.